The number of aryl methyl sites for hydroxylation is 1. The van der Waals surface area contributed by atoms with Gasteiger partial charge >= 0.3 is 0 Å². The van der Waals surface area contributed by atoms with Crippen LogP contribution >= 0.6 is 0 Å². The van der Waals surface area contributed by atoms with Crippen LogP contribution < -0.4 is 4.90 Å². The van der Waals surface area contributed by atoms with Crippen molar-refractivity contribution < 1.29 is 4.79 Å². The lowest BCUT2D eigenvalue weighted by Crippen LogP contribution is -2.47. The Bertz CT molecular complexity index is 560. The summed E-state index contributed by atoms with van der Waals surface area (Å²) < 4.78 is 0. The average molecular weight is 330 g/mol. The lowest BCUT2D eigenvalue weighted by molar-refractivity contribution is -0.137. The average Bonchev–Trinajstić information content (AvgIpc) is 2.61. The van der Waals surface area contributed by atoms with Crippen molar-refractivity contribution in [2.45, 2.75) is 58.4 Å². The zero-order valence-corrected chi connectivity index (χ0v) is 15.2. The number of amides is 1. The summed E-state index contributed by atoms with van der Waals surface area (Å²) in [5, 5.41) is 0. The molecule has 0 unspecified atom stereocenters. The maximum atomic E-state index is 12.7. The van der Waals surface area contributed by atoms with Gasteiger partial charge in [-0.3, -0.25) is 4.79 Å². The molecule has 1 aromatic heterocycles. The fourth-order valence-electron chi connectivity index (χ4n) is 4.06. The molecule has 1 aromatic rings. The number of nitrogens with zero attached hydrogens (tertiary/aromatic N) is 4. The molecule has 2 fully saturated rings. The number of piperidine rings is 1. The second kappa shape index (κ2) is 7.49. The van der Waals surface area contributed by atoms with Gasteiger partial charge in [0.1, 0.15) is 12.1 Å². The lowest BCUT2D eigenvalue weighted by atomic mass is 9.82. The van der Waals surface area contributed by atoms with Crippen LogP contribution in [0.1, 0.15) is 51.1 Å². The highest BCUT2D eigenvalue weighted by molar-refractivity contribution is 5.79. The fourth-order valence-corrected chi connectivity index (χ4v) is 4.06. The van der Waals surface area contributed by atoms with E-state index in [0.717, 1.165) is 56.2 Å². The normalized spacial score (nSPS) is 25.5. The first kappa shape index (κ1) is 17.2. The largest absolute Gasteiger partial charge is 0.356 e. The standard InChI is InChI=1S/C19H30N4O/c1-14-4-6-16(7-5-14)19(24)23-10-8-17(9-11-23)22(3)18-12-15(2)20-13-21-18/h12-14,16-17H,4-11H2,1-3H3. The Morgan fingerprint density at radius 3 is 2.42 bits per heavy atom. The van der Waals surface area contributed by atoms with Gasteiger partial charge in [0, 0.05) is 43.9 Å². The van der Waals surface area contributed by atoms with E-state index in [0.29, 0.717) is 11.9 Å². The Labute approximate surface area is 145 Å². The molecule has 1 aliphatic carbocycles. The lowest BCUT2D eigenvalue weighted by Gasteiger charge is -2.39. The van der Waals surface area contributed by atoms with Crippen LogP contribution in [0.25, 0.3) is 0 Å². The zero-order valence-electron chi connectivity index (χ0n) is 15.2. The number of carbonyl (C=O) groups excluding carboxylic acids is 1. The van der Waals surface area contributed by atoms with Crippen LogP contribution in [-0.2, 0) is 4.79 Å². The molecular weight excluding hydrogens is 300 g/mol. The molecule has 1 saturated carbocycles. The van der Waals surface area contributed by atoms with Crippen molar-refractivity contribution in [1.82, 2.24) is 14.9 Å². The zero-order chi connectivity index (χ0) is 17.1. The Hall–Kier alpha value is -1.65. The molecule has 24 heavy (non-hydrogen) atoms. The highest BCUT2D eigenvalue weighted by atomic mass is 16.2. The van der Waals surface area contributed by atoms with E-state index < -0.39 is 0 Å². The second-order valence-corrected chi connectivity index (χ2v) is 7.64. The van der Waals surface area contributed by atoms with Gasteiger partial charge in [0.05, 0.1) is 0 Å². The summed E-state index contributed by atoms with van der Waals surface area (Å²) in [6.07, 6.45) is 8.26. The van der Waals surface area contributed by atoms with Crippen LogP contribution in [0.2, 0.25) is 0 Å². The van der Waals surface area contributed by atoms with Crippen LogP contribution in [0.15, 0.2) is 12.4 Å². The molecule has 1 amide bonds. The molecule has 132 valence electrons. The van der Waals surface area contributed by atoms with E-state index in [-0.39, 0.29) is 5.92 Å². The van der Waals surface area contributed by atoms with Gasteiger partial charge in [0.25, 0.3) is 0 Å². The minimum atomic E-state index is 0.278. The smallest absolute Gasteiger partial charge is 0.225 e. The van der Waals surface area contributed by atoms with Crippen molar-refractivity contribution in [2.24, 2.45) is 11.8 Å². The van der Waals surface area contributed by atoms with E-state index in [1.54, 1.807) is 6.33 Å². The van der Waals surface area contributed by atoms with E-state index in [2.05, 4.69) is 33.7 Å². The van der Waals surface area contributed by atoms with E-state index >= 15 is 0 Å². The first-order chi connectivity index (χ1) is 11.5. The SMILES string of the molecule is Cc1cc(N(C)C2CCN(C(=O)C3CCC(C)CC3)CC2)ncn1. The molecule has 3 rings (SSSR count). The molecule has 1 saturated heterocycles. The maximum Gasteiger partial charge on any atom is 0.225 e. The van der Waals surface area contributed by atoms with Gasteiger partial charge in [-0.05, 0) is 51.4 Å². The molecule has 0 bridgehead atoms. The molecular formula is C19H30N4O. The van der Waals surface area contributed by atoms with Crippen LogP contribution in [0, 0.1) is 18.8 Å². The third-order valence-corrected chi connectivity index (χ3v) is 5.84. The summed E-state index contributed by atoms with van der Waals surface area (Å²) in [7, 11) is 2.10. The molecule has 2 heterocycles. The highest BCUT2D eigenvalue weighted by Gasteiger charge is 2.31. The molecule has 0 spiro atoms. The number of carbonyl (C=O) groups is 1. The minimum Gasteiger partial charge on any atom is -0.356 e. The third kappa shape index (κ3) is 3.87. The van der Waals surface area contributed by atoms with Crippen molar-refractivity contribution in [3.8, 4) is 0 Å². The summed E-state index contributed by atoms with van der Waals surface area (Å²) in [6.45, 7) is 6.05. The summed E-state index contributed by atoms with van der Waals surface area (Å²) in [5.74, 6) is 2.46. The maximum absolute atomic E-state index is 12.7. The van der Waals surface area contributed by atoms with E-state index in [1.165, 1.54) is 12.8 Å². The molecule has 0 atom stereocenters. The molecule has 5 nitrogen and oxygen atoms in total. The Kier molecular flexibility index (Phi) is 5.36. The van der Waals surface area contributed by atoms with Crippen LogP contribution in [0.3, 0.4) is 0 Å². The van der Waals surface area contributed by atoms with Gasteiger partial charge in [-0.2, -0.15) is 0 Å². The van der Waals surface area contributed by atoms with Crippen LogP contribution in [-0.4, -0.2) is 47.0 Å². The number of aromatic nitrogens is 2. The Morgan fingerprint density at radius 2 is 1.79 bits per heavy atom. The fraction of sp³-hybridized carbons (Fsp3) is 0.737. The van der Waals surface area contributed by atoms with Crippen molar-refractivity contribution in [3.05, 3.63) is 18.1 Å². The third-order valence-electron chi connectivity index (χ3n) is 5.84. The molecule has 1 aliphatic heterocycles. The van der Waals surface area contributed by atoms with Gasteiger partial charge < -0.3 is 9.80 Å². The monoisotopic (exact) mass is 330 g/mol. The predicted molar refractivity (Wildman–Crippen MR) is 95.9 cm³/mol. The molecule has 0 radical (unpaired) electrons. The van der Waals surface area contributed by atoms with Crippen LogP contribution in [0.4, 0.5) is 5.82 Å². The summed E-state index contributed by atoms with van der Waals surface area (Å²) in [5.41, 5.74) is 0.992. The topological polar surface area (TPSA) is 49.3 Å². The number of anilines is 1. The Morgan fingerprint density at radius 1 is 1.12 bits per heavy atom. The molecule has 2 aliphatic rings. The quantitative estimate of drug-likeness (QED) is 0.855. The summed E-state index contributed by atoms with van der Waals surface area (Å²) in [4.78, 5) is 25.7. The number of hydrogen-bond acceptors (Lipinski definition) is 4. The van der Waals surface area contributed by atoms with Crippen molar-refractivity contribution in [1.29, 1.82) is 0 Å². The molecule has 0 aromatic carbocycles. The van der Waals surface area contributed by atoms with Gasteiger partial charge in [-0.1, -0.05) is 6.92 Å². The van der Waals surface area contributed by atoms with Crippen LogP contribution in [0.5, 0.6) is 0 Å². The summed E-state index contributed by atoms with van der Waals surface area (Å²) >= 11 is 0. The van der Waals surface area contributed by atoms with Gasteiger partial charge in [-0.25, -0.2) is 9.97 Å². The first-order valence-corrected chi connectivity index (χ1v) is 9.35. The Balaban J connectivity index is 1.53. The summed E-state index contributed by atoms with van der Waals surface area (Å²) in [6, 6.07) is 2.48. The van der Waals surface area contributed by atoms with E-state index in [1.807, 2.05) is 13.0 Å². The van der Waals surface area contributed by atoms with Gasteiger partial charge in [-0.15, -0.1) is 0 Å². The van der Waals surface area contributed by atoms with Crippen molar-refractivity contribution in [3.63, 3.8) is 0 Å². The number of rotatable bonds is 3. The first-order valence-electron chi connectivity index (χ1n) is 9.35. The van der Waals surface area contributed by atoms with E-state index in [4.69, 9.17) is 0 Å². The van der Waals surface area contributed by atoms with E-state index in [9.17, 15) is 4.79 Å². The number of likely N-dealkylation sites (tertiary alicyclic amines) is 1. The molecule has 5 heteroatoms. The van der Waals surface area contributed by atoms with Crippen molar-refractivity contribution >= 4 is 11.7 Å². The predicted octanol–water partition coefficient (Wildman–Crippen LogP) is 3.04. The van der Waals surface area contributed by atoms with Crippen molar-refractivity contribution in [2.75, 3.05) is 25.0 Å². The van der Waals surface area contributed by atoms with Gasteiger partial charge in [0.2, 0.25) is 5.91 Å². The highest BCUT2D eigenvalue weighted by Crippen LogP contribution is 2.30. The number of hydrogen-bond donors (Lipinski definition) is 0. The minimum absolute atomic E-state index is 0.278. The van der Waals surface area contributed by atoms with Gasteiger partial charge in [0.15, 0.2) is 0 Å². The second-order valence-electron chi connectivity index (χ2n) is 7.64. The molecule has 0 N–H and O–H groups in total.